The van der Waals surface area contributed by atoms with Crippen molar-refractivity contribution in [3.05, 3.63) is 35.3 Å². The van der Waals surface area contributed by atoms with E-state index in [4.69, 9.17) is 11.6 Å². The maximum Gasteiger partial charge on any atom is 0.170 e. The first kappa shape index (κ1) is 8.38. The van der Waals surface area contributed by atoms with E-state index in [0.717, 1.165) is 0 Å². The van der Waals surface area contributed by atoms with Gasteiger partial charge in [0.05, 0.1) is 16.7 Å². The molecule has 0 N–H and O–H groups in total. The highest BCUT2D eigenvalue weighted by atomic mass is 35.5. The van der Waals surface area contributed by atoms with Crippen molar-refractivity contribution in [1.29, 1.82) is 0 Å². The summed E-state index contributed by atoms with van der Waals surface area (Å²) in [5.41, 5.74) is 0.411. The number of ketones is 1. The van der Waals surface area contributed by atoms with Crippen molar-refractivity contribution in [3.8, 4) is 0 Å². The van der Waals surface area contributed by atoms with Gasteiger partial charge in [0, 0.05) is 12.3 Å². The Kier molecular flexibility index (Phi) is 1.88. The van der Waals surface area contributed by atoms with Gasteiger partial charge in [-0.05, 0) is 12.2 Å². The zero-order valence-electron chi connectivity index (χ0n) is 6.50. The van der Waals surface area contributed by atoms with Gasteiger partial charge in [-0.25, -0.2) is 4.39 Å². The van der Waals surface area contributed by atoms with Crippen LogP contribution in [0.4, 0.5) is 4.39 Å². The van der Waals surface area contributed by atoms with Gasteiger partial charge >= 0.3 is 0 Å². The number of rotatable bonds is 0. The van der Waals surface area contributed by atoms with Crippen LogP contribution >= 0.6 is 11.6 Å². The first-order valence-electron chi connectivity index (χ1n) is 3.71. The molecule has 0 fully saturated rings. The summed E-state index contributed by atoms with van der Waals surface area (Å²) in [6, 6.07) is 0. The molecule has 0 aromatic rings. The summed E-state index contributed by atoms with van der Waals surface area (Å²) in [5, 5.41) is -0.0207. The Labute approximate surface area is 79.1 Å². The Bertz CT molecular complexity index is 392. The molecule has 1 atom stereocenters. The number of allylic oxidation sites excluding steroid dienone is 5. The third-order valence-corrected chi connectivity index (χ3v) is 2.21. The molecule has 0 bridgehead atoms. The molecule has 4 heteroatoms. The molecule has 0 aromatic heterocycles. The zero-order valence-corrected chi connectivity index (χ0v) is 7.25. The van der Waals surface area contributed by atoms with Crippen molar-refractivity contribution in [2.24, 2.45) is 10.9 Å². The lowest BCUT2D eigenvalue weighted by Gasteiger charge is -2.16. The van der Waals surface area contributed by atoms with E-state index in [-0.39, 0.29) is 10.8 Å². The predicted molar refractivity (Wildman–Crippen MR) is 48.2 cm³/mol. The molecule has 13 heavy (non-hydrogen) atoms. The fourth-order valence-electron chi connectivity index (χ4n) is 1.25. The Morgan fingerprint density at radius 1 is 1.54 bits per heavy atom. The quantitative estimate of drug-likeness (QED) is 0.585. The van der Waals surface area contributed by atoms with E-state index in [0.29, 0.717) is 5.71 Å². The van der Waals surface area contributed by atoms with Gasteiger partial charge in [-0.1, -0.05) is 11.6 Å². The van der Waals surface area contributed by atoms with Crippen molar-refractivity contribution >= 4 is 23.1 Å². The maximum atomic E-state index is 12.9. The third-order valence-electron chi connectivity index (χ3n) is 1.90. The smallest absolute Gasteiger partial charge is 0.170 e. The zero-order chi connectivity index (χ0) is 9.42. The normalized spacial score (nSPS) is 26.2. The molecule has 66 valence electrons. The lowest BCUT2D eigenvalue weighted by Crippen LogP contribution is -2.24. The number of aliphatic imine (C=N–C) groups is 1. The molecule has 1 aliphatic carbocycles. The summed E-state index contributed by atoms with van der Waals surface area (Å²) in [4.78, 5) is 15.1. The third kappa shape index (κ3) is 1.35. The van der Waals surface area contributed by atoms with Gasteiger partial charge in [-0.15, -0.1) is 0 Å². The van der Waals surface area contributed by atoms with Crippen LogP contribution in [0.5, 0.6) is 0 Å². The summed E-state index contributed by atoms with van der Waals surface area (Å²) in [5.74, 6) is -1.16. The van der Waals surface area contributed by atoms with Crippen molar-refractivity contribution in [2.45, 2.75) is 0 Å². The number of nitrogens with zero attached hydrogens (tertiary/aromatic N) is 1. The van der Waals surface area contributed by atoms with E-state index in [1.807, 2.05) is 0 Å². The Balaban J connectivity index is 2.47. The standard InChI is InChI=1S/C9H5ClFNO/c10-6-3-5-8(4-7(6)11)12-2-1-9(5)13/h1-5H. The highest BCUT2D eigenvalue weighted by molar-refractivity contribution is 6.34. The minimum absolute atomic E-state index is 0.0207. The molecular formula is C9H5ClFNO. The van der Waals surface area contributed by atoms with Gasteiger partial charge in [0.15, 0.2) is 5.78 Å². The van der Waals surface area contributed by atoms with Gasteiger partial charge in [0.2, 0.25) is 0 Å². The molecule has 0 spiro atoms. The van der Waals surface area contributed by atoms with Gasteiger partial charge in [-0.2, -0.15) is 0 Å². The molecule has 0 aromatic carbocycles. The number of hydrogen-bond acceptors (Lipinski definition) is 2. The molecular weight excluding hydrogens is 193 g/mol. The molecule has 1 aliphatic heterocycles. The topological polar surface area (TPSA) is 29.4 Å². The lowest BCUT2D eigenvalue weighted by molar-refractivity contribution is -0.115. The predicted octanol–water partition coefficient (Wildman–Crippen LogP) is 2.13. The van der Waals surface area contributed by atoms with E-state index in [9.17, 15) is 9.18 Å². The van der Waals surface area contributed by atoms with Crippen LogP contribution in [-0.4, -0.2) is 11.5 Å². The second kappa shape index (κ2) is 2.92. The summed E-state index contributed by atoms with van der Waals surface area (Å²) in [6.45, 7) is 0. The minimum atomic E-state index is -0.542. The van der Waals surface area contributed by atoms with E-state index in [1.165, 1.54) is 24.4 Å². The lowest BCUT2D eigenvalue weighted by atomic mass is 9.92. The number of carbonyl (C=O) groups excluding carboxylic acids is 1. The van der Waals surface area contributed by atoms with E-state index >= 15 is 0 Å². The van der Waals surface area contributed by atoms with Crippen molar-refractivity contribution in [3.63, 3.8) is 0 Å². The van der Waals surface area contributed by atoms with Crippen molar-refractivity contribution < 1.29 is 9.18 Å². The van der Waals surface area contributed by atoms with Crippen molar-refractivity contribution in [1.82, 2.24) is 0 Å². The van der Waals surface area contributed by atoms with Crippen LogP contribution in [0.3, 0.4) is 0 Å². The Morgan fingerprint density at radius 2 is 2.31 bits per heavy atom. The highest BCUT2D eigenvalue weighted by Crippen LogP contribution is 2.27. The fourth-order valence-corrected chi connectivity index (χ4v) is 1.43. The number of hydrogen-bond donors (Lipinski definition) is 0. The van der Waals surface area contributed by atoms with Crippen LogP contribution in [0.1, 0.15) is 0 Å². The van der Waals surface area contributed by atoms with Crippen LogP contribution in [0.15, 0.2) is 40.3 Å². The molecule has 1 heterocycles. The first-order chi connectivity index (χ1) is 6.18. The molecule has 2 rings (SSSR count). The van der Waals surface area contributed by atoms with Gasteiger partial charge in [0.1, 0.15) is 5.83 Å². The number of fused-ring (bicyclic) bond motifs is 1. The van der Waals surface area contributed by atoms with Crippen LogP contribution in [-0.2, 0) is 4.79 Å². The second-order valence-corrected chi connectivity index (χ2v) is 3.16. The van der Waals surface area contributed by atoms with E-state index in [2.05, 4.69) is 4.99 Å². The van der Waals surface area contributed by atoms with E-state index < -0.39 is 11.7 Å². The molecule has 0 saturated carbocycles. The first-order valence-corrected chi connectivity index (χ1v) is 4.09. The molecule has 1 unspecified atom stereocenters. The highest BCUT2D eigenvalue weighted by Gasteiger charge is 2.26. The minimum Gasteiger partial charge on any atom is -0.294 e. The summed E-state index contributed by atoms with van der Waals surface area (Å²) >= 11 is 5.54. The van der Waals surface area contributed by atoms with Gasteiger partial charge in [-0.3, -0.25) is 9.79 Å². The monoisotopic (exact) mass is 197 g/mol. The van der Waals surface area contributed by atoms with Gasteiger partial charge in [0.25, 0.3) is 0 Å². The second-order valence-electron chi connectivity index (χ2n) is 2.76. The Morgan fingerprint density at radius 3 is 3.08 bits per heavy atom. The maximum absolute atomic E-state index is 12.9. The summed E-state index contributed by atoms with van der Waals surface area (Å²) in [6.07, 6.45) is 5.28. The van der Waals surface area contributed by atoms with E-state index in [1.54, 1.807) is 0 Å². The molecule has 2 nitrogen and oxygen atoms in total. The van der Waals surface area contributed by atoms with Crippen LogP contribution in [0.25, 0.3) is 0 Å². The molecule has 2 aliphatic rings. The van der Waals surface area contributed by atoms with Crippen molar-refractivity contribution in [2.75, 3.05) is 0 Å². The molecule has 0 radical (unpaired) electrons. The fraction of sp³-hybridized carbons (Fsp3) is 0.111. The van der Waals surface area contributed by atoms with Crippen LogP contribution in [0.2, 0.25) is 0 Å². The average molecular weight is 198 g/mol. The SMILES string of the molecule is O=C1C=CN=C2C=C(F)C(Cl)=CC12. The summed E-state index contributed by atoms with van der Waals surface area (Å²) in [7, 11) is 0. The largest absolute Gasteiger partial charge is 0.294 e. The number of carbonyl (C=O) groups is 1. The number of halogens is 2. The Hall–Kier alpha value is -1.22. The van der Waals surface area contributed by atoms with Gasteiger partial charge < -0.3 is 0 Å². The molecule has 0 amide bonds. The van der Waals surface area contributed by atoms with Crippen LogP contribution < -0.4 is 0 Å². The molecule has 0 saturated heterocycles. The van der Waals surface area contributed by atoms with Crippen LogP contribution in [0, 0.1) is 5.92 Å². The summed E-state index contributed by atoms with van der Waals surface area (Å²) < 4.78 is 12.9. The average Bonchev–Trinajstić information content (AvgIpc) is 2.09.